The number of pyridine rings is 1. The van der Waals surface area contributed by atoms with Gasteiger partial charge < -0.3 is 5.11 Å². The summed E-state index contributed by atoms with van der Waals surface area (Å²) in [7, 11) is 0. The van der Waals surface area contributed by atoms with Crippen LogP contribution in [0.3, 0.4) is 0 Å². The molecule has 0 unspecified atom stereocenters. The van der Waals surface area contributed by atoms with Gasteiger partial charge in [0.25, 0.3) is 5.69 Å². The van der Waals surface area contributed by atoms with Gasteiger partial charge in [-0.3, -0.25) is 0 Å². The Morgan fingerprint density at radius 1 is 1.70 bits per heavy atom. The zero-order valence-electron chi connectivity index (χ0n) is 5.29. The van der Waals surface area contributed by atoms with E-state index in [4.69, 9.17) is 10.9 Å². The molecular formula is C6H8FN2O+. The molecule has 0 radical (unpaired) electrons. The maximum atomic E-state index is 12.6. The molecule has 3 nitrogen and oxygen atoms in total. The van der Waals surface area contributed by atoms with Gasteiger partial charge in [-0.1, -0.05) is 4.68 Å². The van der Waals surface area contributed by atoms with Crippen molar-refractivity contribution in [2.75, 3.05) is 5.84 Å². The van der Waals surface area contributed by atoms with E-state index in [1.54, 1.807) is 0 Å². The zero-order chi connectivity index (χ0) is 7.56. The van der Waals surface area contributed by atoms with Crippen molar-refractivity contribution in [2.24, 2.45) is 0 Å². The van der Waals surface area contributed by atoms with Crippen LogP contribution in [0.15, 0.2) is 18.3 Å². The van der Waals surface area contributed by atoms with Crippen molar-refractivity contribution in [3.8, 4) is 0 Å². The van der Waals surface area contributed by atoms with Crippen molar-refractivity contribution in [1.82, 2.24) is 0 Å². The second-order valence-corrected chi connectivity index (χ2v) is 1.87. The fraction of sp³-hybridized carbons (Fsp3) is 0.167. The highest BCUT2D eigenvalue weighted by atomic mass is 19.1. The summed E-state index contributed by atoms with van der Waals surface area (Å²) in [5.41, 5.74) is 0.0856. The van der Waals surface area contributed by atoms with Crippen molar-refractivity contribution >= 4 is 0 Å². The first-order valence-electron chi connectivity index (χ1n) is 2.80. The first-order valence-corrected chi connectivity index (χ1v) is 2.80. The zero-order valence-corrected chi connectivity index (χ0v) is 5.29. The molecule has 0 spiro atoms. The summed E-state index contributed by atoms with van der Waals surface area (Å²) in [5, 5.41) is 8.56. The van der Waals surface area contributed by atoms with Gasteiger partial charge in [-0.25, -0.2) is 5.84 Å². The Labute approximate surface area is 57.5 Å². The monoisotopic (exact) mass is 143 g/mol. The van der Waals surface area contributed by atoms with E-state index in [9.17, 15) is 4.39 Å². The molecule has 0 aliphatic heterocycles. The molecule has 10 heavy (non-hydrogen) atoms. The van der Waals surface area contributed by atoms with Crippen LogP contribution in [0.1, 0.15) is 5.69 Å². The molecule has 4 heteroatoms. The lowest BCUT2D eigenvalue weighted by atomic mass is 10.3. The molecule has 0 bridgehead atoms. The summed E-state index contributed by atoms with van der Waals surface area (Å²) >= 11 is 0. The third-order valence-corrected chi connectivity index (χ3v) is 1.23. The second-order valence-electron chi connectivity index (χ2n) is 1.87. The normalized spacial score (nSPS) is 9.80. The van der Waals surface area contributed by atoms with E-state index in [2.05, 4.69) is 0 Å². The Morgan fingerprint density at radius 3 is 2.80 bits per heavy atom. The summed E-state index contributed by atoms with van der Waals surface area (Å²) in [6.45, 7) is -0.386. The van der Waals surface area contributed by atoms with Crippen LogP contribution in [0.4, 0.5) is 4.39 Å². The van der Waals surface area contributed by atoms with E-state index in [0.29, 0.717) is 0 Å². The fourth-order valence-electron chi connectivity index (χ4n) is 0.687. The molecule has 1 rings (SSSR count). The lowest BCUT2D eigenvalue weighted by Gasteiger charge is -1.93. The number of nitrogens with two attached hydrogens (primary N) is 1. The van der Waals surface area contributed by atoms with Gasteiger partial charge in [-0.2, -0.15) is 4.39 Å². The van der Waals surface area contributed by atoms with E-state index in [-0.39, 0.29) is 12.3 Å². The molecule has 0 aliphatic carbocycles. The van der Waals surface area contributed by atoms with Crippen molar-refractivity contribution in [3.63, 3.8) is 0 Å². The van der Waals surface area contributed by atoms with Crippen molar-refractivity contribution < 1.29 is 14.2 Å². The molecule has 3 N–H and O–H groups in total. The van der Waals surface area contributed by atoms with E-state index < -0.39 is 5.82 Å². The van der Waals surface area contributed by atoms with Gasteiger partial charge in [0.2, 0.25) is 0 Å². The predicted octanol–water partition coefficient (Wildman–Crippen LogP) is -0.681. The molecule has 0 fully saturated rings. The summed E-state index contributed by atoms with van der Waals surface area (Å²) in [6.07, 6.45) is 1.47. The largest absolute Gasteiger partial charge is 0.385 e. The molecule has 0 saturated heterocycles. The number of halogens is 1. The van der Waals surface area contributed by atoms with Gasteiger partial charge >= 0.3 is 0 Å². The Morgan fingerprint density at radius 2 is 2.40 bits per heavy atom. The minimum absolute atomic E-state index is 0.0856. The molecule has 1 heterocycles. The minimum Gasteiger partial charge on any atom is -0.385 e. The number of hydrogen-bond donors (Lipinski definition) is 2. The van der Waals surface area contributed by atoms with E-state index in [1.807, 2.05) is 0 Å². The van der Waals surface area contributed by atoms with Crippen molar-refractivity contribution in [2.45, 2.75) is 6.61 Å². The molecule has 1 aromatic heterocycles. The number of nitrogens with zero attached hydrogens (tertiary/aromatic N) is 1. The molecular weight excluding hydrogens is 135 g/mol. The standard InChI is InChI=1S/C6H8FN2O/c7-5-2-1-3-9(8)6(5)4-10/h1-3,10H,4,8H2/q+1. The lowest BCUT2D eigenvalue weighted by molar-refractivity contribution is -0.650. The smallest absolute Gasteiger partial charge is 0.271 e. The van der Waals surface area contributed by atoms with E-state index in [0.717, 1.165) is 4.68 Å². The summed E-state index contributed by atoms with van der Waals surface area (Å²) in [4.78, 5) is 0. The minimum atomic E-state index is -0.493. The van der Waals surface area contributed by atoms with Gasteiger partial charge in [0.15, 0.2) is 12.0 Å². The highest BCUT2D eigenvalue weighted by molar-refractivity contribution is 4.99. The Balaban J connectivity index is 3.17. The maximum Gasteiger partial charge on any atom is 0.271 e. The number of aliphatic hydroxyl groups is 1. The van der Waals surface area contributed by atoms with Crippen LogP contribution < -0.4 is 10.5 Å². The lowest BCUT2D eigenvalue weighted by Crippen LogP contribution is -2.48. The van der Waals surface area contributed by atoms with Gasteiger partial charge in [-0.15, -0.1) is 0 Å². The predicted molar refractivity (Wildman–Crippen MR) is 32.7 cm³/mol. The Kier molecular flexibility index (Phi) is 1.82. The maximum absolute atomic E-state index is 12.6. The van der Waals surface area contributed by atoms with Gasteiger partial charge in [-0.05, 0) is 6.07 Å². The highest BCUT2D eigenvalue weighted by Gasteiger charge is 2.11. The number of hydrogen-bond acceptors (Lipinski definition) is 2. The highest BCUT2D eigenvalue weighted by Crippen LogP contribution is 1.97. The first-order chi connectivity index (χ1) is 4.75. The molecule has 0 saturated carbocycles. The van der Waals surface area contributed by atoms with Gasteiger partial charge in [0.1, 0.15) is 6.61 Å². The van der Waals surface area contributed by atoms with Crippen LogP contribution in [0.5, 0.6) is 0 Å². The molecule has 0 atom stereocenters. The van der Waals surface area contributed by atoms with E-state index in [1.165, 1.54) is 18.3 Å². The van der Waals surface area contributed by atoms with Gasteiger partial charge in [0, 0.05) is 6.07 Å². The number of rotatable bonds is 1. The van der Waals surface area contributed by atoms with Crippen molar-refractivity contribution in [1.29, 1.82) is 0 Å². The molecule has 1 aromatic rings. The third kappa shape index (κ3) is 1.06. The Hall–Kier alpha value is -1.16. The summed E-state index contributed by atoms with van der Waals surface area (Å²) < 4.78 is 13.6. The average Bonchev–Trinajstić information content (AvgIpc) is 1.88. The first kappa shape index (κ1) is 6.95. The average molecular weight is 143 g/mol. The topological polar surface area (TPSA) is 50.1 Å². The van der Waals surface area contributed by atoms with Crippen LogP contribution in [-0.2, 0) is 6.61 Å². The van der Waals surface area contributed by atoms with Crippen molar-refractivity contribution in [3.05, 3.63) is 29.8 Å². The van der Waals surface area contributed by atoms with Crippen LogP contribution in [0, 0.1) is 5.82 Å². The van der Waals surface area contributed by atoms with Crippen LogP contribution in [-0.4, -0.2) is 5.11 Å². The molecule has 54 valence electrons. The van der Waals surface area contributed by atoms with E-state index >= 15 is 0 Å². The number of aromatic nitrogens is 1. The SMILES string of the molecule is N[n+]1cccc(F)c1CO. The summed E-state index contributed by atoms with van der Waals surface area (Å²) in [5.74, 6) is 4.76. The molecule has 0 aromatic carbocycles. The molecule has 0 amide bonds. The van der Waals surface area contributed by atoms with Crippen LogP contribution in [0.25, 0.3) is 0 Å². The quantitative estimate of drug-likeness (QED) is 0.404. The van der Waals surface area contributed by atoms with Crippen LogP contribution >= 0.6 is 0 Å². The number of aliphatic hydroxyl groups excluding tert-OH is 1. The van der Waals surface area contributed by atoms with Gasteiger partial charge in [0.05, 0.1) is 0 Å². The van der Waals surface area contributed by atoms with Crippen LogP contribution in [0.2, 0.25) is 0 Å². The summed E-state index contributed by atoms with van der Waals surface area (Å²) in [6, 6.07) is 2.71. The fourth-order valence-corrected chi connectivity index (χ4v) is 0.687. The second kappa shape index (κ2) is 2.62. The Bertz CT molecular complexity index is 219. The number of nitrogen functional groups attached to an aromatic ring is 1. The third-order valence-electron chi connectivity index (χ3n) is 1.23. The molecule has 0 aliphatic rings.